The van der Waals surface area contributed by atoms with Crippen molar-refractivity contribution >= 4 is 0 Å². The normalized spacial score (nSPS) is 13.8. The van der Waals surface area contributed by atoms with Crippen LogP contribution in [0.1, 0.15) is 31.7 Å². The van der Waals surface area contributed by atoms with Crippen LogP contribution < -0.4 is 5.73 Å². The molecule has 0 bridgehead atoms. The zero-order valence-electron chi connectivity index (χ0n) is 7.44. The van der Waals surface area contributed by atoms with E-state index in [9.17, 15) is 5.11 Å². The highest BCUT2D eigenvalue weighted by atomic mass is 16.3. The van der Waals surface area contributed by atoms with E-state index in [2.05, 4.69) is 5.10 Å². The third kappa shape index (κ3) is 1.65. The van der Waals surface area contributed by atoms with Crippen molar-refractivity contribution in [1.29, 1.82) is 0 Å². The molecule has 4 heteroatoms. The van der Waals surface area contributed by atoms with E-state index in [1.807, 2.05) is 13.8 Å². The first-order valence-corrected chi connectivity index (χ1v) is 4.08. The molecule has 0 spiro atoms. The van der Waals surface area contributed by atoms with Crippen LogP contribution in [-0.4, -0.2) is 21.4 Å². The fraction of sp³-hybridized carbons (Fsp3) is 0.625. The molecule has 0 saturated heterocycles. The zero-order chi connectivity index (χ0) is 9.14. The first kappa shape index (κ1) is 9.22. The van der Waals surface area contributed by atoms with Gasteiger partial charge in [0.1, 0.15) is 6.10 Å². The van der Waals surface area contributed by atoms with Crippen molar-refractivity contribution in [2.24, 2.45) is 5.73 Å². The Kier molecular flexibility index (Phi) is 2.83. The topological polar surface area (TPSA) is 64.1 Å². The van der Waals surface area contributed by atoms with Crippen molar-refractivity contribution in [2.75, 3.05) is 6.54 Å². The number of hydrogen-bond acceptors (Lipinski definition) is 3. The fourth-order valence-corrected chi connectivity index (χ4v) is 1.14. The van der Waals surface area contributed by atoms with Crippen LogP contribution in [0.2, 0.25) is 0 Å². The molecule has 0 fully saturated rings. The van der Waals surface area contributed by atoms with E-state index >= 15 is 0 Å². The molecule has 0 aliphatic rings. The van der Waals surface area contributed by atoms with Gasteiger partial charge in [-0.3, -0.25) is 4.68 Å². The number of hydrogen-bond donors (Lipinski definition) is 2. The van der Waals surface area contributed by atoms with Crippen LogP contribution >= 0.6 is 0 Å². The predicted molar refractivity (Wildman–Crippen MR) is 46.6 cm³/mol. The molecule has 68 valence electrons. The van der Waals surface area contributed by atoms with Crippen LogP contribution in [-0.2, 0) is 0 Å². The van der Waals surface area contributed by atoms with Crippen molar-refractivity contribution in [2.45, 2.75) is 26.0 Å². The number of nitrogens with zero attached hydrogens (tertiary/aromatic N) is 2. The number of aromatic nitrogens is 2. The Labute approximate surface area is 72.0 Å². The highest BCUT2D eigenvalue weighted by Crippen LogP contribution is 2.14. The van der Waals surface area contributed by atoms with E-state index in [0.717, 1.165) is 5.69 Å². The first-order valence-electron chi connectivity index (χ1n) is 4.08. The molecule has 1 atom stereocenters. The number of aliphatic hydroxyl groups excluding tert-OH is 1. The zero-order valence-corrected chi connectivity index (χ0v) is 7.44. The molecule has 3 N–H and O–H groups in total. The quantitative estimate of drug-likeness (QED) is 0.690. The summed E-state index contributed by atoms with van der Waals surface area (Å²) in [6.45, 7) is 4.26. The van der Waals surface area contributed by atoms with E-state index in [-0.39, 0.29) is 12.6 Å². The summed E-state index contributed by atoms with van der Waals surface area (Å²) in [5.41, 5.74) is 6.13. The third-order valence-electron chi connectivity index (χ3n) is 1.75. The lowest BCUT2D eigenvalue weighted by molar-refractivity contribution is 0.173. The largest absolute Gasteiger partial charge is 0.385 e. The van der Waals surface area contributed by atoms with Gasteiger partial charge >= 0.3 is 0 Å². The second-order valence-electron chi connectivity index (χ2n) is 3.05. The molecule has 0 aliphatic carbocycles. The molecule has 1 unspecified atom stereocenters. The highest BCUT2D eigenvalue weighted by Gasteiger charge is 2.12. The molecular formula is C8H15N3O. The summed E-state index contributed by atoms with van der Waals surface area (Å²) in [4.78, 5) is 0. The molecule has 1 rings (SSSR count). The Morgan fingerprint density at radius 2 is 2.33 bits per heavy atom. The smallest absolute Gasteiger partial charge is 0.108 e. The molecule has 0 radical (unpaired) electrons. The van der Waals surface area contributed by atoms with E-state index < -0.39 is 6.10 Å². The van der Waals surface area contributed by atoms with Crippen LogP contribution in [0.5, 0.6) is 0 Å². The lowest BCUT2D eigenvalue weighted by atomic mass is 10.2. The maximum atomic E-state index is 9.46. The molecule has 0 aromatic carbocycles. The summed E-state index contributed by atoms with van der Waals surface area (Å²) in [6.07, 6.45) is 1.07. The van der Waals surface area contributed by atoms with Crippen LogP contribution in [0.3, 0.4) is 0 Å². The molecule has 0 saturated carbocycles. The van der Waals surface area contributed by atoms with Crippen LogP contribution in [0.4, 0.5) is 0 Å². The monoisotopic (exact) mass is 169 g/mol. The third-order valence-corrected chi connectivity index (χ3v) is 1.75. The average Bonchev–Trinajstić information content (AvgIpc) is 2.50. The van der Waals surface area contributed by atoms with E-state index in [1.54, 1.807) is 16.9 Å². The molecule has 4 nitrogen and oxygen atoms in total. The Morgan fingerprint density at radius 1 is 1.67 bits per heavy atom. The molecular weight excluding hydrogens is 154 g/mol. The van der Waals surface area contributed by atoms with Crippen molar-refractivity contribution < 1.29 is 5.11 Å². The summed E-state index contributed by atoms with van der Waals surface area (Å²) >= 11 is 0. The first-order chi connectivity index (χ1) is 5.66. The van der Waals surface area contributed by atoms with Crippen molar-refractivity contribution in [1.82, 2.24) is 9.78 Å². The van der Waals surface area contributed by atoms with Gasteiger partial charge in [0.2, 0.25) is 0 Å². The minimum Gasteiger partial charge on any atom is -0.385 e. The van der Waals surface area contributed by atoms with Gasteiger partial charge in [0.15, 0.2) is 0 Å². The summed E-state index contributed by atoms with van der Waals surface area (Å²) in [5.74, 6) is 0. The van der Waals surface area contributed by atoms with Crippen LogP contribution in [0, 0.1) is 0 Å². The van der Waals surface area contributed by atoms with Gasteiger partial charge in [-0.25, -0.2) is 0 Å². The van der Waals surface area contributed by atoms with Gasteiger partial charge in [-0.2, -0.15) is 5.10 Å². The fourth-order valence-electron chi connectivity index (χ4n) is 1.14. The summed E-state index contributed by atoms with van der Waals surface area (Å²) in [7, 11) is 0. The molecule has 1 aromatic rings. The van der Waals surface area contributed by atoms with E-state index in [4.69, 9.17) is 5.73 Å². The number of rotatable bonds is 3. The highest BCUT2D eigenvalue weighted by molar-refractivity contribution is 5.05. The average molecular weight is 169 g/mol. The van der Waals surface area contributed by atoms with Gasteiger partial charge in [-0.05, 0) is 19.9 Å². The van der Waals surface area contributed by atoms with Crippen molar-refractivity contribution in [3.8, 4) is 0 Å². The van der Waals surface area contributed by atoms with Gasteiger partial charge in [-0.15, -0.1) is 0 Å². The molecule has 1 heterocycles. The Balaban J connectivity index is 2.91. The molecule has 0 aliphatic heterocycles. The maximum absolute atomic E-state index is 9.46. The molecule has 0 amide bonds. The van der Waals surface area contributed by atoms with Crippen molar-refractivity contribution in [3.63, 3.8) is 0 Å². The Hall–Kier alpha value is -0.870. The van der Waals surface area contributed by atoms with Gasteiger partial charge < -0.3 is 10.8 Å². The van der Waals surface area contributed by atoms with Gasteiger partial charge in [-0.1, -0.05) is 0 Å². The number of nitrogens with two attached hydrogens (primary N) is 1. The molecule has 1 aromatic heterocycles. The van der Waals surface area contributed by atoms with Crippen LogP contribution in [0.25, 0.3) is 0 Å². The van der Waals surface area contributed by atoms with E-state index in [1.165, 1.54) is 0 Å². The van der Waals surface area contributed by atoms with Crippen molar-refractivity contribution in [3.05, 3.63) is 18.0 Å². The molecule has 12 heavy (non-hydrogen) atoms. The van der Waals surface area contributed by atoms with Gasteiger partial charge in [0, 0.05) is 18.8 Å². The summed E-state index contributed by atoms with van der Waals surface area (Å²) < 4.78 is 1.78. The van der Waals surface area contributed by atoms with Gasteiger partial charge in [0.25, 0.3) is 0 Å². The Morgan fingerprint density at radius 3 is 2.83 bits per heavy atom. The lowest BCUT2D eigenvalue weighted by Gasteiger charge is -2.13. The second-order valence-corrected chi connectivity index (χ2v) is 3.05. The maximum Gasteiger partial charge on any atom is 0.108 e. The van der Waals surface area contributed by atoms with E-state index in [0.29, 0.717) is 0 Å². The van der Waals surface area contributed by atoms with Gasteiger partial charge in [0.05, 0.1) is 5.69 Å². The second kappa shape index (κ2) is 3.69. The predicted octanol–water partition coefficient (Wildman–Crippen LogP) is 0.456. The lowest BCUT2D eigenvalue weighted by Crippen LogP contribution is -2.17. The number of aliphatic hydroxyl groups is 1. The SMILES string of the molecule is CC(C)n1nccc1C(O)CN. The minimum absolute atomic E-state index is 0.235. The summed E-state index contributed by atoms with van der Waals surface area (Å²) in [6, 6.07) is 2.05. The Bertz CT molecular complexity index is 244. The van der Waals surface area contributed by atoms with Crippen LogP contribution in [0.15, 0.2) is 12.3 Å². The minimum atomic E-state index is -0.602. The standard InChI is InChI=1S/C8H15N3O/c1-6(2)11-7(3-4-10-11)8(12)5-9/h3-4,6,8,12H,5,9H2,1-2H3. The summed E-state index contributed by atoms with van der Waals surface area (Å²) in [5, 5.41) is 13.5.